The molecule has 1 unspecified atom stereocenters. The molecule has 1 aromatic rings. The number of amides is 1. The fourth-order valence-corrected chi connectivity index (χ4v) is 3.37. The Bertz CT molecular complexity index is 533. The second kappa shape index (κ2) is 6.58. The largest absolute Gasteiger partial charge is 0.462 e. The molecule has 1 amide bonds. The van der Waals surface area contributed by atoms with E-state index in [4.69, 9.17) is 4.74 Å². The highest BCUT2D eigenvalue weighted by molar-refractivity contribution is 7.16. The maximum absolute atomic E-state index is 12.5. The van der Waals surface area contributed by atoms with Gasteiger partial charge >= 0.3 is 5.97 Å². The molecule has 21 heavy (non-hydrogen) atoms. The van der Waals surface area contributed by atoms with Crippen LogP contribution in [0.15, 0.2) is 6.07 Å². The summed E-state index contributed by atoms with van der Waals surface area (Å²) in [5.74, 6) is -0.425. The van der Waals surface area contributed by atoms with E-state index < -0.39 is 5.41 Å². The number of rotatable bonds is 4. The number of aryl methyl sites for hydroxylation is 1. The maximum Gasteiger partial charge on any atom is 0.341 e. The number of hydrogen-bond acceptors (Lipinski definition) is 5. The summed E-state index contributed by atoms with van der Waals surface area (Å²) in [6, 6.07) is 1.76. The Morgan fingerprint density at radius 2 is 2.29 bits per heavy atom. The number of carbonyl (C=O) groups excluding carboxylic acids is 2. The van der Waals surface area contributed by atoms with E-state index >= 15 is 0 Å². The van der Waals surface area contributed by atoms with E-state index in [2.05, 4.69) is 10.6 Å². The molecule has 0 saturated carbocycles. The van der Waals surface area contributed by atoms with Crippen LogP contribution < -0.4 is 10.6 Å². The van der Waals surface area contributed by atoms with E-state index in [-0.39, 0.29) is 11.9 Å². The average Bonchev–Trinajstić information content (AvgIpc) is 2.81. The summed E-state index contributed by atoms with van der Waals surface area (Å²) >= 11 is 1.41. The fraction of sp³-hybridized carbons (Fsp3) is 0.600. The van der Waals surface area contributed by atoms with Crippen LogP contribution in [0.4, 0.5) is 5.00 Å². The first-order valence-corrected chi connectivity index (χ1v) is 8.07. The minimum absolute atomic E-state index is 0.0397. The fourth-order valence-electron chi connectivity index (χ4n) is 2.47. The van der Waals surface area contributed by atoms with Crippen molar-refractivity contribution in [2.75, 3.05) is 25.0 Å². The standard InChI is InChI=1S/C15H22N2O3S/c1-4-20-13(18)11-8-10(2)21-12(11)17-14(19)15(3)6-5-7-16-9-15/h8,16H,4-7,9H2,1-3H3,(H,17,19). The summed E-state index contributed by atoms with van der Waals surface area (Å²) < 4.78 is 5.04. The van der Waals surface area contributed by atoms with Crippen LogP contribution in [0.1, 0.15) is 41.9 Å². The molecule has 116 valence electrons. The Morgan fingerprint density at radius 3 is 2.90 bits per heavy atom. The predicted molar refractivity (Wildman–Crippen MR) is 83.9 cm³/mol. The Hall–Kier alpha value is -1.40. The lowest BCUT2D eigenvalue weighted by Gasteiger charge is -2.32. The minimum Gasteiger partial charge on any atom is -0.462 e. The van der Waals surface area contributed by atoms with Crippen LogP contribution in [0, 0.1) is 12.3 Å². The number of thiophene rings is 1. The van der Waals surface area contributed by atoms with Gasteiger partial charge in [0.2, 0.25) is 5.91 Å². The summed E-state index contributed by atoms with van der Waals surface area (Å²) in [7, 11) is 0. The van der Waals surface area contributed by atoms with Crippen LogP contribution in [-0.4, -0.2) is 31.6 Å². The van der Waals surface area contributed by atoms with Crippen molar-refractivity contribution in [2.24, 2.45) is 5.41 Å². The van der Waals surface area contributed by atoms with E-state index in [1.807, 2.05) is 13.8 Å². The molecule has 1 aromatic heterocycles. The normalized spacial score (nSPS) is 21.9. The smallest absolute Gasteiger partial charge is 0.341 e. The van der Waals surface area contributed by atoms with Crippen LogP contribution in [-0.2, 0) is 9.53 Å². The molecule has 5 nitrogen and oxygen atoms in total. The molecule has 2 rings (SSSR count). The monoisotopic (exact) mass is 310 g/mol. The van der Waals surface area contributed by atoms with Crippen LogP contribution >= 0.6 is 11.3 Å². The van der Waals surface area contributed by atoms with Crippen molar-refractivity contribution in [1.82, 2.24) is 5.32 Å². The van der Waals surface area contributed by atoms with Crippen LogP contribution in [0.5, 0.6) is 0 Å². The lowest BCUT2D eigenvalue weighted by molar-refractivity contribution is -0.125. The van der Waals surface area contributed by atoms with Crippen molar-refractivity contribution < 1.29 is 14.3 Å². The number of ether oxygens (including phenoxy) is 1. The van der Waals surface area contributed by atoms with E-state index in [1.165, 1.54) is 11.3 Å². The van der Waals surface area contributed by atoms with Gasteiger partial charge in [0.1, 0.15) is 5.00 Å². The number of esters is 1. The zero-order valence-corrected chi connectivity index (χ0v) is 13.6. The highest BCUT2D eigenvalue weighted by Gasteiger charge is 2.35. The third kappa shape index (κ3) is 3.63. The lowest BCUT2D eigenvalue weighted by Crippen LogP contribution is -2.46. The van der Waals surface area contributed by atoms with Crippen molar-refractivity contribution in [3.63, 3.8) is 0 Å². The second-order valence-corrected chi connectivity index (χ2v) is 6.87. The topological polar surface area (TPSA) is 67.4 Å². The molecule has 0 bridgehead atoms. The third-order valence-corrected chi connectivity index (χ3v) is 4.69. The van der Waals surface area contributed by atoms with E-state index in [1.54, 1.807) is 13.0 Å². The maximum atomic E-state index is 12.5. The van der Waals surface area contributed by atoms with Crippen LogP contribution in [0.25, 0.3) is 0 Å². The molecule has 2 heterocycles. The molecule has 0 aromatic carbocycles. The van der Waals surface area contributed by atoms with Crippen molar-refractivity contribution in [3.8, 4) is 0 Å². The van der Waals surface area contributed by atoms with Crippen molar-refractivity contribution in [1.29, 1.82) is 0 Å². The molecule has 0 spiro atoms. The summed E-state index contributed by atoms with van der Waals surface area (Å²) in [5, 5.41) is 6.76. The van der Waals surface area contributed by atoms with Crippen molar-refractivity contribution in [3.05, 3.63) is 16.5 Å². The van der Waals surface area contributed by atoms with Gasteiger partial charge in [0.25, 0.3) is 0 Å². The SMILES string of the molecule is CCOC(=O)c1cc(C)sc1NC(=O)C1(C)CCCNC1. The first-order chi connectivity index (χ1) is 9.96. The van der Waals surface area contributed by atoms with Gasteiger partial charge in [-0.25, -0.2) is 4.79 Å². The zero-order valence-electron chi connectivity index (χ0n) is 12.7. The first kappa shape index (κ1) is 16.0. The van der Waals surface area contributed by atoms with Gasteiger partial charge in [-0.15, -0.1) is 11.3 Å². The molecule has 1 atom stereocenters. The summed E-state index contributed by atoms with van der Waals surface area (Å²) in [6.07, 6.45) is 1.84. The average molecular weight is 310 g/mol. The van der Waals surface area contributed by atoms with Crippen LogP contribution in [0.2, 0.25) is 0 Å². The van der Waals surface area contributed by atoms with Gasteiger partial charge in [-0.1, -0.05) is 0 Å². The number of carbonyl (C=O) groups is 2. The highest BCUT2D eigenvalue weighted by Crippen LogP contribution is 2.32. The number of anilines is 1. The Kier molecular flexibility index (Phi) is 5.00. The van der Waals surface area contributed by atoms with Gasteiger partial charge in [-0.05, 0) is 46.2 Å². The highest BCUT2D eigenvalue weighted by atomic mass is 32.1. The van der Waals surface area contributed by atoms with Gasteiger partial charge in [0.15, 0.2) is 0 Å². The Labute approximate surface area is 129 Å². The summed E-state index contributed by atoms with van der Waals surface area (Å²) in [6.45, 7) is 7.58. The van der Waals surface area contributed by atoms with Gasteiger partial charge in [0, 0.05) is 11.4 Å². The molecule has 1 aliphatic heterocycles. The van der Waals surface area contributed by atoms with Crippen LogP contribution in [0.3, 0.4) is 0 Å². The Balaban J connectivity index is 2.15. The van der Waals surface area contributed by atoms with E-state index in [0.29, 0.717) is 23.7 Å². The third-order valence-electron chi connectivity index (χ3n) is 3.72. The van der Waals surface area contributed by atoms with Gasteiger partial charge in [-0.2, -0.15) is 0 Å². The first-order valence-electron chi connectivity index (χ1n) is 7.26. The second-order valence-electron chi connectivity index (χ2n) is 5.62. The molecule has 0 aliphatic carbocycles. The molecular weight excluding hydrogens is 288 g/mol. The summed E-state index contributed by atoms with van der Waals surface area (Å²) in [4.78, 5) is 25.4. The quantitative estimate of drug-likeness (QED) is 0.839. The van der Waals surface area contributed by atoms with Gasteiger partial charge < -0.3 is 15.4 Å². The zero-order chi connectivity index (χ0) is 15.5. The van der Waals surface area contributed by atoms with Crippen molar-refractivity contribution >= 4 is 28.2 Å². The molecule has 0 radical (unpaired) electrons. The molecule has 6 heteroatoms. The van der Waals surface area contributed by atoms with E-state index in [0.717, 1.165) is 24.3 Å². The molecule has 1 saturated heterocycles. The van der Waals surface area contributed by atoms with Gasteiger partial charge in [0.05, 0.1) is 17.6 Å². The minimum atomic E-state index is -0.428. The van der Waals surface area contributed by atoms with Gasteiger partial charge in [-0.3, -0.25) is 4.79 Å². The number of nitrogens with one attached hydrogen (secondary N) is 2. The lowest BCUT2D eigenvalue weighted by atomic mass is 9.82. The number of piperidine rings is 1. The Morgan fingerprint density at radius 1 is 1.52 bits per heavy atom. The molecular formula is C15H22N2O3S. The number of hydrogen-bond donors (Lipinski definition) is 2. The molecule has 2 N–H and O–H groups in total. The van der Waals surface area contributed by atoms with Crippen molar-refractivity contribution in [2.45, 2.75) is 33.6 Å². The summed E-state index contributed by atoms with van der Waals surface area (Å²) in [5.41, 5.74) is 0.0160. The predicted octanol–water partition coefficient (Wildman–Crippen LogP) is 2.56. The van der Waals surface area contributed by atoms with E-state index in [9.17, 15) is 9.59 Å². The molecule has 1 fully saturated rings. The molecule has 1 aliphatic rings.